The highest BCUT2D eigenvalue weighted by molar-refractivity contribution is 7.15. The number of carbonyl (C=O) groups is 1. The molecule has 0 aliphatic carbocycles. The van der Waals surface area contributed by atoms with Gasteiger partial charge in [0, 0.05) is 11.8 Å². The third-order valence-corrected chi connectivity index (χ3v) is 4.48. The number of halogens is 3. The van der Waals surface area contributed by atoms with Gasteiger partial charge in [-0.05, 0) is 19.1 Å². The molecule has 9 heteroatoms. The average Bonchev–Trinajstić information content (AvgIpc) is 3.02. The van der Waals surface area contributed by atoms with E-state index in [9.17, 15) is 18.7 Å². The number of alkyl halides is 2. The van der Waals surface area contributed by atoms with Crippen LogP contribution in [0.25, 0.3) is 5.65 Å². The summed E-state index contributed by atoms with van der Waals surface area (Å²) in [6, 6.07) is 3.36. The molecule has 0 aliphatic rings. The van der Waals surface area contributed by atoms with Crippen LogP contribution < -0.4 is 9.51 Å². The normalized spacial score (nSPS) is 11.5. The Morgan fingerprint density at radius 2 is 2.30 bits per heavy atom. The zero-order valence-electron chi connectivity index (χ0n) is 11.8. The number of imidazole rings is 1. The third kappa shape index (κ3) is 2.68. The van der Waals surface area contributed by atoms with E-state index in [0.29, 0.717) is 20.6 Å². The van der Waals surface area contributed by atoms with Crippen LogP contribution in [0.5, 0.6) is 5.88 Å². The van der Waals surface area contributed by atoms with Gasteiger partial charge in [0.25, 0.3) is 11.4 Å². The van der Waals surface area contributed by atoms with Crippen molar-refractivity contribution in [2.75, 3.05) is 0 Å². The molecule has 0 spiro atoms. The minimum Gasteiger partial charge on any atom is -0.839 e. The van der Waals surface area contributed by atoms with Crippen LogP contribution in [-0.4, -0.2) is 21.8 Å². The number of aromatic nitrogens is 3. The number of hydrogen-bond acceptors (Lipinski definition) is 4. The molecule has 0 aromatic carbocycles. The van der Waals surface area contributed by atoms with Crippen LogP contribution in [0, 0.1) is 6.92 Å². The third-order valence-electron chi connectivity index (χ3n) is 3.38. The molecule has 0 unspecified atom stereocenters. The molecule has 120 valence electrons. The van der Waals surface area contributed by atoms with Gasteiger partial charge in [0.05, 0.1) is 11.1 Å². The number of fused-ring (bicyclic) bond motifs is 1. The Bertz CT molecular complexity index is 907. The predicted molar refractivity (Wildman–Crippen MR) is 78.3 cm³/mol. The van der Waals surface area contributed by atoms with E-state index in [1.165, 1.54) is 21.4 Å². The van der Waals surface area contributed by atoms with Crippen LogP contribution in [0.15, 0.2) is 24.5 Å². The Hall–Kier alpha value is -2.06. The predicted octanol–water partition coefficient (Wildman–Crippen LogP) is 2.21. The first-order chi connectivity index (χ1) is 10.9. The smallest absolute Gasteiger partial charge is 0.304 e. The Labute approximate surface area is 138 Å². The fraction of sp³-hybridized carbons (Fsp3) is 0.214. The lowest BCUT2D eigenvalue weighted by Gasteiger charge is -2.03. The number of ketones is 1. The summed E-state index contributed by atoms with van der Waals surface area (Å²) in [5, 5.41) is 12.4. The lowest BCUT2D eigenvalue weighted by atomic mass is 10.3. The topological polar surface area (TPSA) is 62.0 Å². The van der Waals surface area contributed by atoms with Gasteiger partial charge in [-0.2, -0.15) is 0 Å². The van der Waals surface area contributed by atoms with E-state index in [1.54, 1.807) is 19.1 Å². The number of Topliss-reactive ketones (excluding diaryl/α,β-unsaturated/α-hetero) is 1. The molecule has 0 bridgehead atoms. The number of pyridine rings is 1. The molecule has 3 aromatic heterocycles. The number of rotatable bonds is 4. The second-order valence-corrected chi connectivity index (χ2v) is 6.57. The van der Waals surface area contributed by atoms with E-state index in [-0.39, 0.29) is 6.54 Å². The number of thiazole rings is 1. The molecular formula is C14H10ClF2N3O2S. The molecule has 0 atom stereocenters. The van der Waals surface area contributed by atoms with Crippen molar-refractivity contribution in [1.82, 2.24) is 9.55 Å². The molecule has 0 saturated carbocycles. The van der Waals surface area contributed by atoms with Crippen molar-refractivity contribution in [3.63, 3.8) is 0 Å². The maximum absolute atomic E-state index is 12.9. The fourth-order valence-electron chi connectivity index (χ4n) is 2.46. The number of nitrogens with zero attached hydrogens (tertiary/aromatic N) is 3. The van der Waals surface area contributed by atoms with Gasteiger partial charge in [0.2, 0.25) is 5.69 Å². The molecular weight excluding hydrogens is 348 g/mol. The summed E-state index contributed by atoms with van der Waals surface area (Å²) in [5.41, 5.74) is 0.540. The van der Waals surface area contributed by atoms with Crippen molar-refractivity contribution in [1.29, 1.82) is 0 Å². The maximum atomic E-state index is 12.9. The summed E-state index contributed by atoms with van der Waals surface area (Å²) in [7, 11) is 0. The van der Waals surface area contributed by atoms with E-state index < -0.39 is 23.8 Å². The van der Waals surface area contributed by atoms with Crippen molar-refractivity contribution in [2.24, 2.45) is 0 Å². The van der Waals surface area contributed by atoms with Gasteiger partial charge in [-0.15, -0.1) is 11.3 Å². The summed E-state index contributed by atoms with van der Waals surface area (Å²) in [5.74, 6) is -2.25. The monoisotopic (exact) mass is 357 g/mol. The van der Waals surface area contributed by atoms with Gasteiger partial charge >= 0.3 is 6.43 Å². The molecule has 3 rings (SSSR count). The molecule has 0 saturated heterocycles. The second kappa shape index (κ2) is 5.86. The van der Waals surface area contributed by atoms with Crippen LogP contribution in [0.4, 0.5) is 8.78 Å². The van der Waals surface area contributed by atoms with Crippen molar-refractivity contribution in [3.8, 4) is 5.88 Å². The van der Waals surface area contributed by atoms with Gasteiger partial charge in [-0.3, -0.25) is 4.79 Å². The van der Waals surface area contributed by atoms with Crippen molar-refractivity contribution in [3.05, 3.63) is 45.1 Å². The number of carbonyl (C=O) groups excluding carboxylic acids is 1. The summed E-state index contributed by atoms with van der Waals surface area (Å²) in [6.45, 7) is 1.80. The summed E-state index contributed by atoms with van der Waals surface area (Å²) < 4.78 is 28.6. The van der Waals surface area contributed by atoms with Crippen molar-refractivity contribution >= 4 is 34.4 Å². The van der Waals surface area contributed by atoms with Crippen LogP contribution >= 0.6 is 22.9 Å². The highest BCUT2D eigenvalue weighted by atomic mass is 35.5. The quantitative estimate of drug-likeness (QED) is 0.531. The van der Waals surface area contributed by atoms with Crippen LogP contribution in [0.3, 0.4) is 0 Å². The SMILES string of the molecule is Cc1ccc[n+]2c([O-])c(C(=O)C(F)F)n(Cc3cnc(Cl)s3)c12. The number of hydrogen-bond donors (Lipinski definition) is 0. The molecule has 23 heavy (non-hydrogen) atoms. The van der Waals surface area contributed by atoms with E-state index >= 15 is 0 Å². The van der Waals surface area contributed by atoms with Crippen molar-refractivity contribution in [2.45, 2.75) is 19.9 Å². The Balaban J connectivity index is 2.27. The minimum absolute atomic E-state index is 0.0643. The highest BCUT2D eigenvalue weighted by Crippen LogP contribution is 2.25. The first-order valence-electron chi connectivity index (χ1n) is 6.53. The first-order valence-corrected chi connectivity index (χ1v) is 7.72. The summed E-state index contributed by atoms with van der Waals surface area (Å²) in [4.78, 5) is 16.4. The lowest BCUT2D eigenvalue weighted by Crippen LogP contribution is -2.25. The maximum Gasteiger partial charge on any atom is 0.304 e. The lowest BCUT2D eigenvalue weighted by molar-refractivity contribution is -0.583. The second-order valence-electron chi connectivity index (χ2n) is 4.87. The van der Waals surface area contributed by atoms with E-state index in [4.69, 9.17) is 11.6 Å². The van der Waals surface area contributed by atoms with Crippen LogP contribution in [0.2, 0.25) is 4.47 Å². The Morgan fingerprint density at radius 1 is 1.57 bits per heavy atom. The van der Waals surface area contributed by atoms with E-state index in [0.717, 1.165) is 11.3 Å². The fourth-order valence-corrected chi connectivity index (χ4v) is 3.43. The largest absolute Gasteiger partial charge is 0.839 e. The zero-order chi connectivity index (χ0) is 16.7. The molecule has 3 heterocycles. The summed E-state index contributed by atoms with van der Waals surface area (Å²) >= 11 is 6.94. The highest BCUT2D eigenvalue weighted by Gasteiger charge is 2.32. The zero-order valence-corrected chi connectivity index (χ0v) is 13.4. The van der Waals surface area contributed by atoms with Crippen LogP contribution in [0.1, 0.15) is 20.9 Å². The molecule has 3 aromatic rings. The average molecular weight is 358 g/mol. The Kier molecular flexibility index (Phi) is 4.03. The summed E-state index contributed by atoms with van der Waals surface area (Å²) in [6.07, 6.45) is -0.317. The molecule has 5 nitrogen and oxygen atoms in total. The van der Waals surface area contributed by atoms with Crippen LogP contribution in [-0.2, 0) is 6.54 Å². The molecule has 0 N–H and O–H groups in total. The van der Waals surface area contributed by atoms with Gasteiger partial charge < -0.3 is 5.11 Å². The molecule has 0 aliphatic heterocycles. The molecule has 0 radical (unpaired) electrons. The molecule has 0 amide bonds. The molecule has 0 fully saturated rings. The van der Waals surface area contributed by atoms with Gasteiger partial charge in [-0.25, -0.2) is 22.7 Å². The number of aryl methyl sites for hydroxylation is 1. The minimum atomic E-state index is -3.25. The van der Waals surface area contributed by atoms with Crippen molar-refractivity contribution < 1.29 is 23.1 Å². The van der Waals surface area contributed by atoms with Gasteiger partial charge in [-0.1, -0.05) is 11.6 Å². The van der Waals surface area contributed by atoms with Gasteiger partial charge in [0.1, 0.15) is 12.4 Å². The van der Waals surface area contributed by atoms with E-state index in [2.05, 4.69) is 4.98 Å². The standard InChI is InChI=1S/C14H10ClF2N3O2S/c1-7-3-2-4-19-12(7)20(6-8-5-18-14(15)23-8)9(13(19)22)10(21)11(16)17/h2-5,11H,6H2,1H3. The van der Waals surface area contributed by atoms with Gasteiger partial charge in [0.15, 0.2) is 4.47 Å². The Morgan fingerprint density at radius 3 is 2.91 bits per heavy atom. The van der Waals surface area contributed by atoms with E-state index in [1.807, 2.05) is 0 Å². The first kappa shape index (κ1) is 15.8.